The van der Waals surface area contributed by atoms with Gasteiger partial charge < -0.3 is 4.57 Å². The number of carbonyl (C=O) groups excluding carboxylic acids is 2. The van der Waals surface area contributed by atoms with Crippen LogP contribution in [-0.2, 0) is 11.3 Å². The van der Waals surface area contributed by atoms with Gasteiger partial charge in [0.15, 0.2) is 0 Å². The maximum atomic E-state index is 11.7. The van der Waals surface area contributed by atoms with E-state index >= 15 is 0 Å². The third-order valence-electron chi connectivity index (χ3n) is 3.19. The van der Waals surface area contributed by atoms with Crippen molar-refractivity contribution in [2.45, 2.75) is 13.5 Å². The van der Waals surface area contributed by atoms with Crippen LogP contribution in [0.5, 0.6) is 0 Å². The van der Waals surface area contributed by atoms with Gasteiger partial charge in [0, 0.05) is 23.1 Å². The van der Waals surface area contributed by atoms with Crippen LogP contribution in [-0.4, -0.2) is 15.7 Å². The molecule has 1 aliphatic rings. The van der Waals surface area contributed by atoms with E-state index in [9.17, 15) is 9.59 Å². The second kappa shape index (κ2) is 5.26. The average Bonchev–Trinajstić information content (AvgIpc) is 2.91. The van der Waals surface area contributed by atoms with Crippen molar-refractivity contribution in [1.82, 2.24) is 9.88 Å². The largest absolute Gasteiger partial charge is 0.337 e. The van der Waals surface area contributed by atoms with Crippen molar-refractivity contribution in [1.29, 1.82) is 0 Å². The molecule has 1 N–H and O–H groups in total. The van der Waals surface area contributed by atoms with Gasteiger partial charge in [-0.25, -0.2) is 0 Å². The van der Waals surface area contributed by atoms with Crippen LogP contribution in [0.4, 0.5) is 4.79 Å². The summed E-state index contributed by atoms with van der Waals surface area (Å²) in [6, 6.07) is 10.0. The quantitative estimate of drug-likeness (QED) is 0.696. The Labute approximate surface area is 126 Å². The number of benzene rings is 1. The maximum absolute atomic E-state index is 11.7. The van der Waals surface area contributed by atoms with Gasteiger partial charge in [0.05, 0.1) is 4.91 Å². The number of allylic oxidation sites excluding steroid dienone is 1. The lowest BCUT2D eigenvalue weighted by molar-refractivity contribution is -0.115. The lowest BCUT2D eigenvalue weighted by atomic mass is 10.2. The van der Waals surface area contributed by atoms with Crippen LogP contribution in [0.1, 0.15) is 12.6 Å². The van der Waals surface area contributed by atoms with E-state index in [-0.39, 0.29) is 11.1 Å². The third kappa shape index (κ3) is 2.64. The molecule has 1 fully saturated rings. The van der Waals surface area contributed by atoms with E-state index in [2.05, 4.69) is 16.5 Å². The SMILES string of the molecule is C=C(C)Cn1c(/C=C2/SC(=O)NC2=O)cc2ccccc21. The number of fused-ring (bicyclic) bond motifs is 1. The summed E-state index contributed by atoms with van der Waals surface area (Å²) in [7, 11) is 0. The molecule has 0 saturated carbocycles. The number of carbonyl (C=O) groups is 2. The molecule has 0 bridgehead atoms. The van der Waals surface area contributed by atoms with Crippen LogP contribution in [0.25, 0.3) is 17.0 Å². The van der Waals surface area contributed by atoms with Gasteiger partial charge in [-0.2, -0.15) is 0 Å². The fraction of sp³-hybridized carbons (Fsp3) is 0.125. The molecule has 3 rings (SSSR count). The molecule has 1 aromatic carbocycles. The van der Waals surface area contributed by atoms with E-state index in [0.29, 0.717) is 11.4 Å². The molecule has 2 aromatic rings. The van der Waals surface area contributed by atoms with E-state index < -0.39 is 0 Å². The normalized spacial score (nSPS) is 16.7. The summed E-state index contributed by atoms with van der Waals surface area (Å²) in [5, 5.41) is 3.04. The molecule has 1 aliphatic heterocycles. The Bertz CT molecular complexity index is 802. The zero-order valence-electron chi connectivity index (χ0n) is 11.6. The first-order valence-corrected chi connectivity index (χ1v) is 7.34. The molecule has 0 atom stereocenters. The molecule has 1 aromatic heterocycles. The molecular formula is C16H14N2O2S. The number of para-hydroxylation sites is 1. The van der Waals surface area contributed by atoms with Crippen molar-refractivity contribution in [2.75, 3.05) is 0 Å². The lowest BCUT2D eigenvalue weighted by Gasteiger charge is -2.08. The third-order valence-corrected chi connectivity index (χ3v) is 4.00. The lowest BCUT2D eigenvalue weighted by Crippen LogP contribution is -2.17. The van der Waals surface area contributed by atoms with Crippen LogP contribution in [0.15, 0.2) is 47.4 Å². The van der Waals surface area contributed by atoms with Crippen molar-refractivity contribution in [3.8, 4) is 0 Å². The summed E-state index contributed by atoms with van der Waals surface area (Å²) in [6.45, 7) is 6.59. The maximum Gasteiger partial charge on any atom is 0.290 e. The summed E-state index contributed by atoms with van der Waals surface area (Å²) in [4.78, 5) is 23.4. The molecule has 5 heteroatoms. The minimum Gasteiger partial charge on any atom is -0.337 e. The Hall–Kier alpha value is -2.27. The number of imide groups is 1. The van der Waals surface area contributed by atoms with Crippen molar-refractivity contribution in [3.05, 3.63) is 53.1 Å². The highest BCUT2D eigenvalue weighted by molar-refractivity contribution is 8.18. The molecule has 2 heterocycles. The smallest absolute Gasteiger partial charge is 0.290 e. The molecule has 2 amide bonds. The molecule has 1 saturated heterocycles. The predicted octanol–water partition coefficient (Wildman–Crippen LogP) is 3.54. The van der Waals surface area contributed by atoms with E-state index in [1.54, 1.807) is 6.08 Å². The summed E-state index contributed by atoms with van der Waals surface area (Å²) in [5.41, 5.74) is 3.00. The minimum atomic E-state index is -0.336. The summed E-state index contributed by atoms with van der Waals surface area (Å²) in [6.07, 6.45) is 1.76. The number of nitrogens with one attached hydrogen (secondary N) is 1. The first-order chi connectivity index (χ1) is 10.0. The number of nitrogens with zero attached hydrogens (tertiary/aromatic N) is 1. The first kappa shape index (κ1) is 13.7. The fourth-order valence-electron chi connectivity index (χ4n) is 2.35. The van der Waals surface area contributed by atoms with Crippen LogP contribution in [0.3, 0.4) is 0 Å². The number of rotatable bonds is 3. The van der Waals surface area contributed by atoms with Crippen molar-refractivity contribution in [2.24, 2.45) is 0 Å². The Morgan fingerprint density at radius 3 is 2.81 bits per heavy atom. The molecule has 0 spiro atoms. The average molecular weight is 298 g/mol. The van der Waals surface area contributed by atoms with E-state index in [1.165, 1.54) is 0 Å². The van der Waals surface area contributed by atoms with Crippen LogP contribution in [0.2, 0.25) is 0 Å². The van der Waals surface area contributed by atoms with E-state index in [0.717, 1.165) is 33.9 Å². The first-order valence-electron chi connectivity index (χ1n) is 6.52. The summed E-state index contributed by atoms with van der Waals surface area (Å²) >= 11 is 0.932. The zero-order chi connectivity index (χ0) is 15.0. The summed E-state index contributed by atoms with van der Waals surface area (Å²) in [5.74, 6) is -0.336. The van der Waals surface area contributed by atoms with Gasteiger partial charge in [-0.3, -0.25) is 14.9 Å². The Morgan fingerprint density at radius 2 is 2.14 bits per heavy atom. The van der Waals surface area contributed by atoms with Gasteiger partial charge in [0.2, 0.25) is 0 Å². The number of hydrogen-bond acceptors (Lipinski definition) is 3. The second-order valence-corrected chi connectivity index (χ2v) is 6.04. The molecule has 21 heavy (non-hydrogen) atoms. The number of aromatic nitrogens is 1. The highest BCUT2D eigenvalue weighted by Crippen LogP contribution is 2.28. The van der Waals surface area contributed by atoms with Crippen molar-refractivity contribution < 1.29 is 9.59 Å². The molecule has 0 aliphatic carbocycles. The molecule has 4 nitrogen and oxygen atoms in total. The Morgan fingerprint density at radius 1 is 1.38 bits per heavy atom. The predicted molar refractivity (Wildman–Crippen MR) is 85.9 cm³/mol. The van der Waals surface area contributed by atoms with E-state index in [4.69, 9.17) is 0 Å². The summed E-state index contributed by atoms with van der Waals surface area (Å²) < 4.78 is 2.10. The fourth-order valence-corrected chi connectivity index (χ4v) is 3.02. The topological polar surface area (TPSA) is 51.1 Å². The minimum absolute atomic E-state index is 0.325. The monoisotopic (exact) mass is 298 g/mol. The molecular weight excluding hydrogens is 284 g/mol. The van der Waals surface area contributed by atoms with Gasteiger partial charge >= 0.3 is 0 Å². The standard InChI is InChI=1S/C16H14N2O2S/c1-10(2)9-18-12(7-11-5-3-4-6-13(11)18)8-14-15(19)17-16(20)21-14/h3-8H,1,9H2,2H3,(H,17,19,20)/b14-8+. The zero-order valence-corrected chi connectivity index (χ0v) is 12.4. The van der Waals surface area contributed by atoms with Crippen LogP contribution >= 0.6 is 11.8 Å². The van der Waals surface area contributed by atoms with Crippen molar-refractivity contribution >= 4 is 39.9 Å². The highest BCUT2D eigenvalue weighted by Gasteiger charge is 2.25. The Balaban J connectivity index is 2.13. The number of thioether (sulfide) groups is 1. The molecule has 0 radical (unpaired) electrons. The van der Waals surface area contributed by atoms with Crippen LogP contribution < -0.4 is 5.32 Å². The number of hydrogen-bond donors (Lipinski definition) is 1. The van der Waals surface area contributed by atoms with Gasteiger partial charge in [-0.15, -0.1) is 0 Å². The van der Waals surface area contributed by atoms with Crippen molar-refractivity contribution in [3.63, 3.8) is 0 Å². The second-order valence-electron chi connectivity index (χ2n) is 5.02. The van der Waals surface area contributed by atoms with Gasteiger partial charge in [-0.1, -0.05) is 30.4 Å². The molecule has 0 unspecified atom stereocenters. The van der Waals surface area contributed by atoms with E-state index in [1.807, 2.05) is 37.3 Å². The molecule has 106 valence electrons. The Kier molecular flexibility index (Phi) is 3.43. The van der Waals surface area contributed by atoms with Crippen LogP contribution in [0, 0.1) is 0 Å². The number of amides is 2. The van der Waals surface area contributed by atoms with Gasteiger partial charge in [0.1, 0.15) is 0 Å². The van der Waals surface area contributed by atoms with Gasteiger partial charge in [0.25, 0.3) is 11.1 Å². The van der Waals surface area contributed by atoms with Gasteiger partial charge in [-0.05, 0) is 36.9 Å². The highest BCUT2D eigenvalue weighted by atomic mass is 32.2.